The largest absolute Gasteiger partial charge is 0.480 e. The van der Waals surface area contributed by atoms with Crippen molar-refractivity contribution >= 4 is 58.2 Å². The van der Waals surface area contributed by atoms with Crippen molar-refractivity contribution in [2.45, 2.75) is 72.0 Å². The number of H-pyrrole nitrogens is 1. The molecule has 1 unspecified atom stereocenters. The Morgan fingerprint density at radius 3 is 1.65 bits per heavy atom. The maximum Gasteiger partial charge on any atom is 0.317 e. The van der Waals surface area contributed by atoms with Gasteiger partial charge in [-0.1, -0.05) is 69.7 Å². The highest BCUT2D eigenvalue weighted by Gasteiger charge is 2.32. The molecule has 0 spiro atoms. The Morgan fingerprint density at radius 2 is 1.16 bits per heavy atom. The lowest BCUT2D eigenvalue weighted by Gasteiger charge is -2.32. The summed E-state index contributed by atoms with van der Waals surface area (Å²) in [5.41, 5.74) is 8.92. The second-order valence-electron chi connectivity index (χ2n) is 17.8. The molecule has 2 aromatic carbocycles. The van der Waals surface area contributed by atoms with Gasteiger partial charge in [-0.05, 0) is 41.5 Å². The van der Waals surface area contributed by atoms with Gasteiger partial charge in [0.1, 0.15) is 0 Å². The van der Waals surface area contributed by atoms with E-state index in [0.29, 0.717) is 25.9 Å². The van der Waals surface area contributed by atoms with E-state index < -0.39 is 47.6 Å². The minimum atomic E-state index is -1.04. The molecular weight excluding hydrogens is 879 g/mol. The van der Waals surface area contributed by atoms with Crippen LogP contribution in [-0.2, 0) is 57.9 Å². The van der Waals surface area contributed by atoms with E-state index >= 15 is 0 Å². The fourth-order valence-corrected chi connectivity index (χ4v) is 8.16. The number of para-hydroxylation sites is 1. The van der Waals surface area contributed by atoms with Crippen molar-refractivity contribution in [2.75, 3.05) is 78.5 Å². The minimum Gasteiger partial charge on any atom is -0.480 e. The molecule has 0 bridgehead atoms. The molecular formula is C48H69N9O11. The van der Waals surface area contributed by atoms with Crippen molar-refractivity contribution in [1.82, 2.24) is 40.5 Å². The summed E-state index contributed by atoms with van der Waals surface area (Å²) in [6.45, 7) is 7.30. The number of Topliss-reactive ketones (excluding diaryl/α,β-unsaturated/α-hetero) is 1. The van der Waals surface area contributed by atoms with Crippen molar-refractivity contribution in [3.63, 3.8) is 0 Å². The van der Waals surface area contributed by atoms with Gasteiger partial charge in [-0.3, -0.25) is 58.0 Å². The number of carbonyl (C=O) groups excluding carboxylic acids is 5. The lowest BCUT2D eigenvalue weighted by Crippen LogP contribution is -2.49. The average molecular weight is 948 g/mol. The number of aromatic nitrogens is 1. The van der Waals surface area contributed by atoms with Gasteiger partial charge in [0.05, 0.1) is 32.2 Å². The van der Waals surface area contributed by atoms with Crippen molar-refractivity contribution in [2.24, 2.45) is 23.5 Å². The molecule has 1 aromatic heterocycles. The summed E-state index contributed by atoms with van der Waals surface area (Å²) in [6, 6.07) is 14.2. The SMILES string of the molecule is CCC(C)[C@H](NC(=O)[C@@H](C)Cc1c[nH]c2ccccc12)C(=O)C[C@@H](CCC(N)=O)C(=O)NCc1ccc(CNC(=O)CN2CCN(CC(=O)O)CCN(CC(=O)O)CCN(CC(=O)O)CC2)cc1. The van der Waals surface area contributed by atoms with Crippen LogP contribution in [0.5, 0.6) is 0 Å². The number of hydrogen-bond acceptors (Lipinski definition) is 12. The van der Waals surface area contributed by atoms with Gasteiger partial charge in [0.25, 0.3) is 0 Å². The molecule has 0 saturated carbocycles. The van der Waals surface area contributed by atoms with Gasteiger partial charge in [-0.15, -0.1) is 0 Å². The van der Waals surface area contributed by atoms with Crippen LogP contribution >= 0.6 is 0 Å². The van der Waals surface area contributed by atoms with Gasteiger partial charge in [-0.25, -0.2) is 0 Å². The fourth-order valence-electron chi connectivity index (χ4n) is 8.16. The van der Waals surface area contributed by atoms with Crippen LogP contribution in [0.4, 0.5) is 0 Å². The molecule has 1 aliphatic heterocycles. The van der Waals surface area contributed by atoms with Crippen LogP contribution < -0.4 is 21.7 Å². The first-order chi connectivity index (χ1) is 32.4. The number of nitrogens with zero attached hydrogens (tertiary/aromatic N) is 4. The molecule has 4 atom stereocenters. The van der Waals surface area contributed by atoms with Crippen LogP contribution in [0.2, 0.25) is 0 Å². The summed E-state index contributed by atoms with van der Waals surface area (Å²) >= 11 is 0. The Morgan fingerprint density at radius 1 is 0.676 bits per heavy atom. The third kappa shape index (κ3) is 18.8. The number of aromatic amines is 1. The lowest BCUT2D eigenvalue weighted by molar-refractivity contribution is -0.140. The van der Waals surface area contributed by atoms with E-state index in [1.165, 1.54) is 0 Å². The molecule has 4 rings (SSSR count). The van der Waals surface area contributed by atoms with Crippen LogP contribution in [0.1, 0.15) is 63.1 Å². The fraction of sp³-hybridized carbons (Fsp3) is 0.542. The highest BCUT2D eigenvalue weighted by Crippen LogP contribution is 2.23. The van der Waals surface area contributed by atoms with E-state index in [9.17, 15) is 53.7 Å². The normalized spacial score (nSPS) is 16.6. The first-order valence-electron chi connectivity index (χ1n) is 23.2. The number of carboxylic acid groups (broad SMARTS) is 3. The molecule has 9 N–H and O–H groups in total. The van der Waals surface area contributed by atoms with E-state index in [2.05, 4.69) is 20.9 Å². The molecule has 0 radical (unpaired) electrons. The Bertz CT molecular complexity index is 2150. The third-order valence-electron chi connectivity index (χ3n) is 12.4. The Hall–Kier alpha value is -6.22. The van der Waals surface area contributed by atoms with Gasteiger partial charge in [-0.2, -0.15) is 0 Å². The van der Waals surface area contributed by atoms with Gasteiger partial charge in [0.2, 0.25) is 23.6 Å². The molecule has 1 aliphatic rings. The number of aliphatic carboxylic acids is 3. The average Bonchev–Trinajstić information content (AvgIpc) is 3.70. The summed E-state index contributed by atoms with van der Waals surface area (Å²) < 4.78 is 0. The van der Waals surface area contributed by atoms with Crippen LogP contribution in [0.25, 0.3) is 10.9 Å². The number of primary amides is 1. The second kappa shape index (κ2) is 27.6. The molecule has 3 aromatic rings. The molecule has 20 nitrogen and oxygen atoms in total. The van der Waals surface area contributed by atoms with Crippen molar-refractivity contribution in [1.29, 1.82) is 0 Å². The first kappa shape index (κ1) is 54.4. The molecule has 372 valence electrons. The zero-order chi connectivity index (χ0) is 49.8. The van der Waals surface area contributed by atoms with Crippen molar-refractivity contribution < 1.29 is 53.7 Å². The second-order valence-corrected chi connectivity index (χ2v) is 17.8. The minimum absolute atomic E-state index is 0.0358. The topological polar surface area (TPSA) is 288 Å². The van der Waals surface area contributed by atoms with Crippen LogP contribution in [-0.4, -0.2) is 172 Å². The summed E-state index contributed by atoms with van der Waals surface area (Å²) in [7, 11) is 0. The maximum atomic E-state index is 13.9. The number of ketones is 1. The number of amides is 4. The van der Waals surface area contributed by atoms with Gasteiger partial charge < -0.3 is 42.0 Å². The predicted molar refractivity (Wildman–Crippen MR) is 253 cm³/mol. The van der Waals surface area contributed by atoms with Crippen LogP contribution in [0.15, 0.2) is 54.7 Å². The molecule has 0 aliphatic carbocycles. The number of nitrogens with one attached hydrogen (secondary N) is 4. The van der Waals surface area contributed by atoms with Crippen LogP contribution in [0, 0.1) is 17.8 Å². The Labute approximate surface area is 396 Å². The van der Waals surface area contributed by atoms with Gasteiger partial charge in [0.15, 0.2) is 5.78 Å². The summed E-state index contributed by atoms with van der Waals surface area (Å²) in [6.07, 6.45) is 2.71. The first-order valence-corrected chi connectivity index (χ1v) is 23.2. The smallest absolute Gasteiger partial charge is 0.317 e. The van der Waals surface area contributed by atoms with E-state index in [-0.39, 0.29) is 121 Å². The molecule has 1 saturated heterocycles. The molecule has 20 heteroatoms. The number of rotatable bonds is 25. The number of nitrogens with two attached hydrogens (primary N) is 1. The molecule has 1 fully saturated rings. The zero-order valence-electron chi connectivity index (χ0n) is 39.4. The molecule has 2 heterocycles. The van der Waals surface area contributed by atoms with Crippen LogP contribution in [0.3, 0.4) is 0 Å². The summed E-state index contributed by atoms with van der Waals surface area (Å²) in [5, 5.41) is 38.2. The zero-order valence-corrected chi connectivity index (χ0v) is 39.4. The molecule has 4 amide bonds. The van der Waals surface area contributed by atoms with E-state index in [4.69, 9.17) is 5.73 Å². The van der Waals surface area contributed by atoms with Crippen molar-refractivity contribution in [3.8, 4) is 0 Å². The van der Waals surface area contributed by atoms with E-state index in [0.717, 1.165) is 27.6 Å². The third-order valence-corrected chi connectivity index (χ3v) is 12.4. The maximum absolute atomic E-state index is 13.9. The highest BCUT2D eigenvalue weighted by atomic mass is 16.4. The number of carboxylic acids is 3. The lowest BCUT2D eigenvalue weighted by atomic mass is 9.87. The number of carbonyl (C=O) groups is 8. The molecule has 68 heavy (non-hydrogen) atoms. The quantitative estimate of drug-likeness (QED) is 0.0591. The monoisotopic (exact) mass is 948 g/mol. The number of fused-ring (bicyclic) bond motifs is 1. The summed E-state index contributed by atoms with van der Waals surface area (Å²) in [5.74, 6) is -6.57. The Balaban J connectivity index is 1.32. The predicted octanol–water partition coefficient (Wildman–Crippen LogP) is 1.13. The van der Waals surface area contributed by atoms with Crippen molar-refractivity contribution in [3.05, 3.63) is 71.4 Å². The Kier molecular flexibility index (Phi) is 22.0. The van der Waals surface area contributed by atoms with E-state index in [1.54, 1.807) is 39.0 Å². The van der Waals surface area contributed by atoms with Gasteiger partial charge in [0, 0.05) is 107 Å². The highest BCUT2D eigenvalue weighted by molar-refractivity contribution is 5.93. The van der Waals surface area contributed by atoms with E-state index in [1.807, 2.05) is 56.1 Å². The van der Waals surface area contributed by atoms with Gasteiger partial charge >= 0.3 is 17.9 Å². The summed E-state index contributed by atoms with van der Waals surface area (Å²) in [4.78, 5) is 111. The standard InChI is InChI=1S/C48H69N9O11/c1-4-32(2)46(53-47(67)33(3)23-37-27-50-39-8-6-5-7-38(37)39)40(58)24-36(13-14-41(49)59)48(68)52-26-35-11-9-34(10-12-35)25-51-42(60)28-54-15-17-55(29-43(61)62)19-21-57(31-45(65)66)22-20-56(18-16-54)30-44(63)64/h5-12,27,32-33,36,46,50H,4,13-26,28-31H2,1-3H3,(H2,49,59)(H,51,60)(H,52,68)(H,53,67)(H,61,62)(H,63,64)(H,65,66)/t32?,33-,36+,46-/m0/s1. The number of hydrogen-bond donors (Lipinski definition) is 8. The number of benzene rings is 2.